The second-order valence-electron chi connectivity index (χ2n) is 8.97. The van der Waals surface area contributed by atoms with Gasteiger partial charge in [0, 0.05) is 23.8 Å². The maximum absolute atomic E-state index is 13.7. The highest BCUT2D eigenvalue weighted by atomic mass is 16.6. The minimum Gasteiger partial charge on any atom is -0.329 e. The standard InChI is InChI=1S/C27H22N4O3/c1-16-10-12-17(13-11-16)18-14-21-25(24(32)15-18)26(19-6-2-4-8-22(19)31(33)34)30-23-9-5-3-7-20(23)28-27(30)29-21/h2-13,18,26H,14-15H2,1H3,(H,28,29)/t18-,26-/m1/s1. The molecule has 0 fully saturated rings. The van der Waals surface area contributed by atoms with Crippen molar-refractivity contribution in [3.8, 4) is 0 Å². The number of anilines is 1. The summed E-state index contributed by atoms with van der Waals surface area (Å²) in [6.45, 7) is 2.04. The number of hydrogen-bond acceptors (Lipinski definition) is 5. The van der Waals surface area contributed by atoms with Crippen molar-refractivity contribution in [3.63, 3.8) is 0 Å². The summed E-state index contributed by atoms with van der Waals surface area (Å²) >= 11 is 0. The first-order valence-electron chi connectivity index (χ1n) is 11.3. The molecule has 0 amide bonds. The first kappa shape index (κ1) is 20.4. The molecule has 7 nitrogen and oxygen atoms in total. The van der Waals surface area contributed by atoms with Gasteiger partial charge in [-0.15, -0.1) is 0 Å². The Balaban J connectivity index is 1.56. The van der Waals surface area contributed by atoms with E-state index in [4.69, 9.17) is 4.98 Å². The maximum Gasteiger partial charge on any atom is 0.275 e. The predicted molar refractivity (Wildman–Crippen MR) is 130 cm³/mol. The van der Waals surface area contributed by atoms with Gasteiger partial charge in [-0.1, -0.05) is 54.1 Å². The zero-order valence-corrected chi connectivity index (χ0v) is 18.6. The van der Waals surface area contributed by atoms with E-state index in [0.717, 1.165) is 22.3 Å². The van der Waals surface area contributed by atoms with E-state index in [9.17, 15) is 14.9 Å². The summed E-state index contributed by atoms with van der Waals surface area (Å²) in [5, 5.41) is 15.4. The number of imidazole rings is 1. The minimum atomic E-state index is -0.619. The molecular formula is C27H22N4O3. The topological polar surface area (TPSA) is 90.1 Å². The number of ketones is 1. The van der Waals surface area contributed by atoms with E-state index in [0.29, 0.717) is 29.9 Å². The van der Waals surface area contributed by atoms with Crippen molar-refractivity contribution in [2.24, 2.45) is 0 Å². The first-order chi connectivity index (χ1) is 16.5. The molecule has 2 heterocycles. The number of aromatic nitrogens is 2. The zero-order chi connectivity index (χ0) is 23.4. The Morgan fingerprint density at radius 1 is 1.00 bits per heavy atom. The number of para-hydroxylation sites is 3. The summed E-state index contributed by atoms with van der Waals surface area (Å²) in [4.78, 5) is 30.0. The summed E-state index contributed by atoms with van der Waals surface area (Å²) < 4.78 is 1.93. The fourth-order valence-electron chi connectivity index (χ4n) is 5.28. The highest BCUT2D eigenvalue weighted by Gasteiger charge is 2.41. The van der Waals surface area contributed by atoms with Crippen LogP contribution in [-0.4, -0.2) is 20.3 Å². The predicted octanol–water partition coefficient (Wildman–Crippen LogP) is 5.67. The monoisotopic (exact) mass is 450 g/mol. The van der Waals surface area contributed by atoms with Crippen molar-refractivity contribution < 1.29 is 9.72 Å². The van der Waals surface area contributed by atoms with Gasteiger partial charge in [-0.25, -0.2) is 4.98 Å². The summed E-state index contributed by atoms with van der Waals surface area (Å²) in [6.07, 6.45) is 1.01. The van der Waals surface area contributed by atoms with E-state index >= 15 is 0 Å². The molecule has 0 saturated carbocycles. The molecule has 0 spiro atoms. The number of hydrogen-bond donors (Lipinski definition) is 1. The van der Waals surface area contributed by atoms with Crippen molar-refractivity contribution in [2.45, 2.75) is 31.7 Å². The van der Waals surface area contributed by atoms with Crippen LogP contribution in [0.15, 0.2) is 84.1 Å². The van der Waals surface area contributed by atoms with Crippen LogP contribution in [0.4, 0.5) is 11.6 Å². The van der Waals surface area contributed by atoms with Crippen molar-refractivity contribution in [3.05, 3.63) is 111 Å². The number of fused-ring (bicyclic) bond motifs is 3. The van der Waals surface area contributed by atoms with E-state index in [1.807, 2.05) is 35.8 Å². The van der Waals surface area contributed by atoms with Crippen LogP contribution < -0.4 is 5.32 Å². The molecule has 3 aromatic carbocycles. The third-order valence-electron chi connectivity index (χ3n) is 6.87. The van der Waals surface area contributed by atoms with Crippen LogP contribution in [0.25, 0.3) is 11.0 Å². The van der Waals surface area contributed by atoms with E-state index in [1.165, 1.54) is 11.6 Å². The third-order valence-corrected chi connectivity index (χ3v) is 6.87. The average Bonchev–Trinajstić information content (AvgIpc) is 3.21. The van der Waals surface area contributed by atoms with Crippen molar-refractivity contribution in [1.82, 2.24) is 9.55 Å². The van der Waals surface area contributed by atoms with Gasteiger partial charge in [-0.2, -0.15) is 0 Å². The smallest absolute Gasteiger partial charge is 0.275 e. The fraction of sp³-hybridized carbons (Fsp3) is 0.185. The molecule has 1 aliphatic heterocycles. The number of nitro groups is 1. The molecule has 0 bridgehead atoms. The molecule has 4 aromatic rings. The van der Waals surface area contributed by atoms with Gasteiger partial charge in [-0.05, 0) is 43.0 Å². The highest BCUT2D eigenvalue weighted by molar-refractivity contribution is 6.01. The first-order valence-corrected chi connectivity index (χ1v) is 11.3. The molecule has 168 valence electrons. The maximum atomic E-state index is 13.7. The van der Waals surface area contributed by atoms with Crippen molar-refractivity contribution in [2.75, 3.05) is 5.32 Å². The Labute approximate surface area is 195 Å². The molecule has 6 rings (SSSR count). The number of nitrogens with one attached hydrogen (secondary N) is 1. The molecule has 1 N–H and O–H groups in total. The SMILES string of the molecule is Cc1ccc([C@H]2CC(=O)C3=C(C2)Nc2nc4ccccc4n2[C@@H]3c2ccccc2[N+](=O)[O-])cc1. The molecule has 1 aliphatic carbocycles. The lowest BCUT2D eigenvalue weighted by Gasteiger charge is -2.36. The highest BCUT2D eigenvalue weighted by Crippen LogP contribution is 2.47. The molecule has 7 heteroatoms. The van der Waals surface area contributed by atoms with E-state index < -0.39 is 6.04 Å². The Morgan fingerprint density at radius 2 is 1.74 bits per heavy atom. The number of allylic oxidation sites excluding steroid dienone is 2. The second kappa shape index (κ2) is 7.66. The summed E-state index contributed by atoms with van der Waals surface area (Å²) in [7, 11) is 0. The molecule has 1 aromatic heterocycles. The van der Waals surface area contributed by atoms with Crippen LogP contribution in [0, 0.1) is 17.0 Å². The van der Waals surface area contributed by atoms with Crippen LogP contribution in [-0.2, 0) is 4.79 Å². The Kier molecular flexibility index (Phi) is 4.58. The fourth-order valence-corrected chi connectivity index (χ4v) is 5.28. The lowest BCUT2D eigenvalue weighted by Crippen LogP contribution is -2.33. The lowest BCUT2D eigenvalue weighted by atomic mass is 9.77. The number of Topliss-reactive ketones (excluding diaryl/α,β-unsaturated/α-hetero) is 1. The Bertz CT molecular complexity index is 1500. The van der Waals surface area contributed by atoms with Gasteiger partial charge in [-0.3, -0.25) is 19.5 Å². The van der Waals surface area contributed by atoms with Gasteiger partial charge >= 0.3 is 0 Å². The van der Waals surface area contributed by atoms with Crippen LogP contribution in [0.5, 0.6) is 0 Å². The summed E-state index contributed by atoms with van der Waals surface area (Å²) in [5.41, 5.74) is 5.78. The van der Waals surface area contributed by atoms with Gasteiger partial charge in [0.05, 0.1) is 27.6 Å². The number of nitrogens with zero attached hydrogens (tertiary/aromatic N) is 3. The van der Waals surface area contributed by atoms with Crippen LogP contribution in [0.1, 0.15) is 41.5 Å². The van der Waals surface area contributed by atoms with Gasteiger partial charge in [0.15, 0.2) is 5.78 Å². The Hall–Kier alpha value is -4.26. The van der Waals surface area contributed by atoms with E-state index in [2.05, 4.69) is 29.6 Å². The number of carbonyl (C=O) groups excluding carboxylic acids is 1. The zero-order valence-electron chi connectivity index (χ0n) is 18.6. The molecule has 0 unspecified atom stereocenters. The summed E-state index contributed by atoms with van der Waals surface area (Å²) in [6, 6.07) is 22.0. The molecule has 0 saturated heterocycles. The number of rotatable bonds is 3. The number of aryl methyl sites for hydroxylation is 1. The molecule has 0 radical (unpaired) electrons. The van der Waals surface area contributed by atoms with Gasteiger partial charge in [0.1, 0.15) is 0 Å². The third kappa shape index (κ3) is 3.12. The lowest BCUT2D eigenvalue weighted by molar-refractivity contribution is -0.385. The Morgan fingerprint density at radius 3 is 2.53 bits per heavy atom. The number of carbonyl (C=O) groups is 1. The summed E-state index contributed by atoms with van der Waals surface area (Å²) in [5.74, 6) is 0.646. The van der Waals surface area contributed by atoms with Crippen molar-refractivity contribution >= 4 is 28.5 Å². The van der Waals surface area contributed by atoms with E-state index in [1.54, 1.807) is 18.2 Å². The molecule has 2 aliphatic rings. The molecule has 2 atom stereocenters. The van der Waals surface area contributed by atoms with E-state index in [-0.39, 0.29) is 22.3 Å². The van der Waals surface area contributed by atoms with Crippen LogP contribution in [0.2, 0.25) is 0 Å². The van der Waals surface area contributed by atoms with Gasteiger partial charge < -0.3 is 5.32 Å². The molecular weight excluding hydrogens is 428 g/mol. The number of benzene rings is 3. The second-order valence-corrected chi connectivity index (χ2v) is 8.97. The quantitative estimate of drug-likeness (QED) is 0.321. The molecule has 34 heavy (non-hydrogen) atoms. The van der Waals surface area contributed by atoms with Gasteiger partial charge in [0.2, 0.25) is 5.95 Å². The van der Waals surface area contributed by atoms with Crippen molar-refractivity contribution in [1.29, 1.82) is 0 Å². The van der Waals surface area contributed by atoms with Crippen LogP contribution >= 0.6 is 0 Å². The number of nitro benzene ring substituents is 1. The normalized spacial score (nSPS) is 19.5. The largest absolute Gasteiger partial charge is 0.329 e. The van der Waals surface area contributed by atoms with Gasteiger partial charge in [0.25, 0.3) is 5.69 Å². The minimum absolute atomic E-state index is 0.00145. The average molecular weight is 450 g/mol. The van der Waals surface area contributed by atoms with Crippen LogP contribution in [0.3, 0.4) is 0 Å².